The minimum atomic E-state index is -0.132. The average molecular weight is 336 g/mol. The number of rotatable bonds is 5. The van der Waals surface area contributed by atoms with Crippen molar-refractivity contribution in [2.45, 2.75) is 19.9 Å². The molecule has 24 heavy (non-hydrogen) atoms. The molecule has 3 rings (SSSR count). The molecular formula is C20H20N2OS. The molecule has 0 bridgehead atoms. The van der Waals surface area contributed by atoms with Crippen molar-refractivity contribution in [1.82, 2.24) is 5.32 Å². The van der Waals surface area contributed by atoms with Gasteiger partial charge in [-0.1, -0.05) is 61.5 Å². The van der Waals surface area contributed by atoms with Crippen molar-refractivity contribution in [2.24, 2.45) is 0 Å². The fraction of sp³-hybridized carbons (Fsp3) is 0.150. The molecule has 0 unspecified atom stereocenters. The smallest absolute Gasteiger partial charge is 0.255 e. The number of thiophene rings is 1. The zero-order valence-electron chi connectivity index (χ0n) is 13.6. The van der Waals surface area contributed by atoms with E-state index in [-0.39, 0.29) is 5.91 Å². The first-order valence-electron chi connectivity index (χ1n) is 7.97. The molecular weight excluding hydrogens is 316 g/mol. The lowest BCUT2D eigenvalue weighted by atomic mass is 10.0. The fourth-order valence-corrected chi connectivity index (χ4v) is 3.43. The Bertz CT molecular complexity index is 823. The highest BCUT2D eigenvalue weighted by Gasteiger charge is 2.18. The number of carbonyl (C=O) groups is 1. The fourth-order valence-electron chi connectivity index (χ4n) is 2.61. The van der Waals surface area contributed by atoms with Crippen LogP contribution in [0.25, 0.3) is 11.1 Å². The van der Waals surface area contributed by atoms with Crippen LogP contribution in [0.3, 0.4) is 0 Å². The Morgan fingerprint density at radius 1 is 1.04 bits per heavy atom. The van der Waals surface area contributed by atoms with Gasteiger partial charge in [0.05, 0.1) is 10.6 Å². The maximum absolute atomic E-state index is 12.6. The average Bonchev–Trinajstić information content (AvgIpc) is 3.02. The van der Waals surface area contributed by atoms with Crippen LogP contribution in [-0.4, -0.2) is 5.91 Å². The van der Waals surface area contributed by atoms with Crippen LogP contribution in [0.15, 0.2) is 60.0 Å². The van der Waals surface area contributed by atoms with E-state index in [4.69, 9.17) is 5.73 Å². The summed E-state index contributed by atoms with van der Waals surface area (Å²) in [5, 5.41) is 5.47. The number of nitrogens with one attached hydrogen (secondary N) is 1. The summed E-state index contributed by atoms with van der Waals surface area (Å²) in [6, 6.07) is 18.1. The van der Waals surface area contributed by atoms with Crippen molar-refractivity contribution >= 4 is 22.2 Å². The third-order valence-electron chi connectivity index (χ3n) is 4.02. The summed E-state index contributed by atoms with van der Waals surface area (Å²) >= 11 is 1.40. The van der Waals surface area contributed by atoms with Crippen LogP contribution in [0.4, 0.5) is 5.00 Å². The molecule has 0 aliphatic heterocycles. The SMILES string of the molecule is CCc1ccc(-c2csc(N)c2C(=O)NCc2ccccc2)cc1. The van der Waals surface area contributed by atoms with Gasteiger partial charge in [-0.05, 0) is 23.1 Å². The van der Waals surface area contributed by atoms with Crippen LogP contribution < -0.4 is 11.1 Å². The van der Waals surface area contributed by atoms with E-state index in [1.165, 1.54) is 16.9 Å². The molecule has 0 aliphatic rings. The molecule has 1 amide bonds. The Balaban J connectivity index is 1.82. The van der Waals surface area contributed by atoms with E-state index < -0.39 is 0 Å². The lowest BCUT2D eigenvalue weighted by Crippen LogP contribution is -2.23. The normalized spacial score (nSPS) is 10.5. The first-order chi connectivity index (χ1) is 11.7. The van der Waals surface area contributed by atoms with Crippen LogP contribution in [-0.2, 0) is 13.0 Å². The molecule has 0 saturated heterocycles. The molecule has 1 heterocycles. The summed E-state index contributed by atoms with van der Waals surface area (Å²) in [6.45, 7) is 2.61. The van der Waals surface area contributed by atoms with Crippen molar-refractivity contribution in [2.75, 3.05) is 5.73 Å². The quantitative estimate of drug-likeness (QED) is 0.721. The number of hydrogen-bond donors (Lipinski definition) is 2. The summed E-state index contributed by atoms with van der Waals surface area (Å²) < 4.78 is 0. The van der Waals surface area contributed by atoms with Gasteiger partial charge in [-0.15, -0.1) is 11.3 Å². The number of aryl methyl sites for hydroxylation is 1. The molecule has 3 N–H and O–H groups in total. The van der Waals surface area contributed by atoms with E-state index in [2.05, 4.69) is 24.4 Å². The molecule has 1 aromatic heterocycles. The Morgan fingerprint density at radius 3 is 2.42 bits per heavy atom. The molecule has 0 spiro atoms. The highest BCUT2D eigenvalue weighted by Crippen LogP contribution is 2.33. The van der Waals surface area contributed by atoms with Crippen molar-refractivity contribution < 1.29 is 4.79 Å². The lowest BCUT2D eigenvalue weighted by molar-refractivity contribution is 0.0953. The Morgan fingerprint density at radius 2 is 1.75 bits per heavy atom. The number of amides is 1. The van der Waals surface area contributed by atoms with Crippen LogP contribution >= 0.6 is 11.3 Å². The maximum atomic E-state index is 12.6. The first-order valence-corrected chi connectivity index (χ1v) is 8.85. The van der Waals surface area contributed by atoms with Crippen molar-refractivity contribution in [1.29, 1.82) is 0 Å². The highest BCUT2D eigenvalue weighted by atomic mass is 32.1. The van der Waals surface area contributed by atoms with Crippen LogP contribution in [0.1, 0.15) is 28.4 Å². The van der Waals surface area contributed by atoms with Gasteiger partial charge in [0, 0.05) is 17.5 Å². The Kier molecular flexibility index (Phi) is 4.96. The molecule has 0 aliphatic carbocycles. The van der Waals surface area contributed by atoms with Crippen molar-refractivity contribution in [3.63, 3.8) is 0 Å². The second kappa shape index (κ2) is 7.32. The van der Waals surface area contributed by atoms with Gasteiger partial charge in [0.25, 0.3) is 5.91 Å². The topological polar surface area (TPSA) is 55.1 Å². The zero-order valence-corrected chi connectivity index (χ0v) is 14.4. The third kappa shape index (κ3) is 3.49. The Labute approximate surface area is 146 Å². The summed E-state index contributed by atoms with van der Waals surface area (Å²) in [4.78, 5) is 12.6. The zero-order chi connectivity index (χ0) is 16.9. The van der Waals surface area contributed by atoms with Gasteiger partial charge in [0.2, 0.25) is 0 Å². The minimum absolute atomic E-state index is 0.132. The molecule has 0 atom stereocenters. The number of carbonyl (C=O) groups excluding carboxylic acids is 1. The van der Waals surface area contributed by atoms with E-state index in [9.17, 15) is 4.79 Å². The third-order valence-corrected chi connectivity index (χ3v) is 4.83. The number of nitrogen functional groups attached to an aromatic ring is 1. The summed E-state index contributed by atoms with van der Waals surface area (Å²) in [5.41, 5.74) is 10.9. The summed E-state index contributed by atoms with van der Waals surface area (Å²) in [7, 11) is 0. The predicted octanol–water partition coefficient (Wildman–Crippen LogP) is 4.49. The Hall–Kier alpha value is -2.59. The molecule has 3 aromatic rings. The molecule has 4 heteroatoms. The predicted molar refractivity (Wildman–Crippen MR) is 101 cm³/mol. The van der Waals surface area contributed by atoms with Crippen molar-refractivity contribution in [3.8, 4) is 11.1 Å². The lowest BCUT2D eigenvalue weighted by Gasteiger charge is -2.08. The minimum Gasteiger partial charge on any atom is -0.390 e. The van der Waals surface area contributed by atoms with Gasteiger partial charge in [-0.2, -0.15) is 0 Å². The van der Waals surface area contributed by atoms with Crippen LogP contribution in [0.2, 0.25) is 0 Å². The van der Waals surface area contributed by atoms with Gasteiger partial charge in [0.1, 0.15) is 0 Å². The van der Waals surface area contributed by atoms with Gasteiger partial charge in [0.15, 0.2) is 0 Å². The summed E-state index contributed by atoms with van der Waals surface area (Å²) in [5.74, 6) is -0.132. The largest absolute Gasteiger partial charge is 0.390 e. The molecule has 2 aromatic carbocycles. The first kappa shape index (κ1) is 16.3. The molecule has 0 fully saturated rings. The second-order valence-corrected chi connectivity index (χ2v) is 6.52. The van der Waals surface area contributed by atoms with E-state index in [0.717, 1.165) is 23.1 Å². The highest BCUT2D eigenvalue weighted by molar-refractivity contribution is 7.15. The van der Waals surface area contributed by atoms with E-state index in [1.807, 2.05) is 47.8 Å². The summed E-state index contributed by atoms with van der Waals surface area (Å²) in [6.07, 6.45) is 0.997. The van der Waals surface area contributed by atoms with Crippen LogP contribution in [0.5, 0.6) is 0 Å². The maximum Gasteiger partial charge on any atom is 0.255 e. The molecule has 3 nitrogen and oxygen atoms in total. The second-order valence-electron chi connectivity index (χ2n) is 5.61. The van der Waals surface area contributed by atoms with E-state index in [1.54, 1.807) is 0 Å². The molecule has 0 radical (unpaired) electrons. The van der Waals surface area contributed by atoms with Gasteiger partial charge < -0.3 is 11.1 Å². The van der Waals surface area contributed by atoms with E-state index in [0.29, 0.717) is 17.1 Å². The number of nitrogens with two attached hydrogens (primary N) is 1. The van der Waals surface area contributed by atoms with Crippen LogP contribution in [0, 0.1) is 0 Å². The van der Waals surface area contributed by atoms with Gasteiger partial charge in [-0.25, -0.2) is 0 Å². The monoisotopic (exact) mass is 336 g/mol. The molecule has 0 saturated carbocycles. The number of benzene rings is 2. The standard InChI is InChI=1S/C20H20N2OS/c1-2-14-8-10-16(11-9-14)17-13-24-19(21)18(17)20(23)22-12-15-6-4-3-5-7-15/h3-11,13H,2,12,21H2,1H3,(H,22,23). The van der Waals surface area contributed by atoms with Crippen molar-refractivity contribution in [3.05, 3.63) is 76.7 Å². The molecule has 122 valence electrons. The van der Waals surface area contributed by atoms with Gasteiger partial charge in [-0.3, -0.25) is 4.79 Å². The van der Waals surface area contributed by atoms with Gasteiger partial charge >= 0.3 is 0 Å². The number of anilines is 1. The van der Waals surface area contributed by atoms with E-state index >= 15 is 0 Å². The number of hydrogen-bond acceptors (Lipinski definition) is 3.